The molecule has 3 heterocycles. The zero-order valence-corrected chi connectivity index (χ0v) is 15.2. The van der Waals surface area contributed by atoms with Crippen LogP contribution >= 0.6 is 0 Å². The Morgan fingerprint density at radius 2 is 2.15 bits per heavy atom. The van der Waals surface area contributed by atoms with Crippen LogP contribution in [-0.4, -0.2) is 91.5 Å². The molecule has 2 N–H and O–H groups in total. The van der Waals surface area contributed by atoms with Gasteiger partial charge in [-0.2, -0.15) is 18.6 Å². The molecular weight excluding hydrogens is 364 g/mol. The van der Waals surface area contributed by atoms with Crippen molar-refractivity contribution < 1.29 is 22.0 Å². The highest BCUT2D eigenvalue weighted by molar-refractivity contribution is 7.80. The third kappa shape index (κ3) is 4.59. The summed E-state index contributed by atoms with van der Waals surface area (Å²) in [6.45, 7) is 4.55. The fourth-order valence-corrected chi connectivity index (χ4v) is 3.47. The second-order valence-corrected chi connectivity index (χ2v) is 7.27. The Hall–Kier alpha value is -1.99. The average Bonchev–Trinajstić information content (AvgIpc) is 3.09. The van der Waals surface area contributed by atoms with Gasteiger partial charge < -0.3 is 10.2 Å². The van der Waals surface area contributed by atoms with Gasteiger partial charge in [-0.3, -0.25) is 14.2 Å². The SMILES string of the molecule is CN1CC(n2cc(N3CCNCC3)cn2)=CC(N(C=O)OS(=O)(=O)O)C1. The van der Waals surface area contributed by atoms with Gasteiger partial charge in [0.25, 0.3) is 0 Å². The average molecular weight is 386 g/mol. The molecule has 26 heavy (non-hydrogen) atoms. The maximum atomic E-state index is 11.2. The Bertz CT molecular complexity index is 773. The van der Waals surface area contributed by atoms with Crippen molar-refractivity contribution in [3.8, 4) is 0 Å². The molecule has 2 aliphatic rings. The number of hydroxylamine groups is 2. The number of anilines is 1. The Balaban J connectivity index is 1.80. The van der Waals surface area contributed by atoms with Crippen molar-refractivity contribution in [2.75, 3.05) is 51.2 Å². The third-order valence-electron chi connectivity index (χ3n) is 4.27. The van der Waals surface area contributed by atoms with Crippen molar-refractivity contribution in [1.29, 1.82) is 0 Å². The molecule has 0 radical (unpaired) electrons. The molecule has 1 atom stereocenters. The first-order valence-electron chi connectivity index (χ1n) is 8.16. The molecule has 0 aliphatic carbocycles. The maximum Gasteiger partial charge on any atom is 0.418 e. The highest BCUT2D eigenvalue weighted by atomic mass is 32.3. The zero-order valence-electron chi connectivity index (χ0n) is 14.4. The van der Waals surface area contributed by atoms with E-state index in [2.05, 4.69) is 19.6 Å². The quantitative estimate of drug-likeness (QED) is 0.347. The zero-order chi connectivity index (χ0) is 18.7. The maximum absolute atomic E-state index is 11.2. The van der Waals surface area contributed by atoms with Gasteiger partial charge in [0, 0.05) is 39.3 Å². The summed E-state index contributed by atoms with van der Waals surface area (Å²) in [5.74, 6) is 0. The van der Waals surface area contributed by atoms with Gasteiger partial charge in [0.2, 0.25) is 6.41 Å². The van der Waals surface area contributed by atoms with Gasteiger partial charge in [-0.1, -0.05) is 0 Å². The van der Waals surface area contributed by atoms with Gasteiger partial charge in [-0.25, -0.2) is 4.68 Å². The van der Waals surface area contributed by atoms with E-state index in [-0.39, 0.29) is 6.41 Å². The lowest BCUT2D eigenvalue weighted by Crippen LogP contribution is -2.46. The Kier molecular flexibility index (Phi) is 5.58. The number of rotatable bonds is 6. The summed E-state index contributed by atoms with van der Waals surface area (Å²) in [5.41, 5.74) is 1.77. The van der Waals surface area contributed by atoms with E-state index in [1.165, 1.54) is 0 Å². The minimum absolute atomic E-state index is 0.223. The first-order valence-corrected chi connectivity index (χ1v) is 9.53. The minimum Gasteiger partial charge on any atom is -0.366 e. The molecular formula is C14H22N6O5S. The molecule has 1 aromatic rings. The lowest BCUT2D eigenvalue weighted by Gasteiger charge is -2.32. The number of carbonyl (C=O) groups is 1. The Morgan fingerprint density at radius 1 is 1.42 bits per heavy atom. The fourth-order valence-electron chi connectivity index (χ4n) is 3.11. The molecule has 1 fully saturated rings. The van der Waals surface area contributed by atoms with Crippen molar-refractivity contribution in [3.05, 3.63) is 18.5 Å². The van der Waals surface area contributed by atoms with E-state index in [4.69, 9.17) is 4.55 Å². The fraction of sp³-hybridized carbons (Fsp3) is 0.571. The molecule has 0 aromatic carbocycles. The number of piperazine rings is 1. The molecule has 2 aliphatic heterocycles. The number of hydrogen-bond donors (Lipinski definition) is 2. The van der Waals surface area contributed by atoms with Crippen LogP contribution < -0.4 is 10.2 Å². The van der Waals surface area contributed by atoms with E-state index < -0.39 is 16.4 Å². The third-order valence-corrected chi connectivity index (χ3v) is 4.63. The van der Waals surface area contributed by atoms with Crippen molar-refractivity contribution in [2.45, 2.75) is 6.04 Å². The van der Waals surface area contributed by atoms with E-state index in [0.29, 0.717) is 18.2 Å². The summed E-state index contributed by atoms with van der Waals surface area (Å²) < 4.78 is 36.7. The molecule has 1 saturated heterocycles. The number of hydrogen-bond acceptors (Lipinski definition) is 8. The number of nitrogens with zero attached hydrogens (tertiary/aromatic N) is 5. The largest absolute Gasteiger partial charge is 0.418 e. The normalized spacial score (nSPS) is 22.2. The molecule has 1 aromatic heterocycles. The first kappa shape index (κ1) is 18.8. The number of aromatic nitrogens is 2. The Morgan fingerprint density at radius 3 is 2.81 bits per heavy atom. The lowest BCUT2D eigenvalue weighted by atomic mass is 10.1. The highest BCUT2D eigenvalue weighted by Gasteiger charge is 2.27. The summed E-state index contributed by atoms with van der Waals surface area (Å²) in [5, 5.41) is 8.26. The van der Waals surface area contributed by atoms with Crippen LogP contribution in [0.25, 0.3) is 5.70 Å². The van der Waals surface area contributed by atoms with Gasteiger partial charge >= 0.3 is 10.4 Å². The van der Waals surface area contributed by atoms with E-state index in [1.54, 1.807) is 17.0 Å². The summed E-state index contributed by atoms with van der Waals surface area (Å²) in [6, 6.07) is -0.685. The van der Waals surface area contributed by atoms with Gasteiger partial charge in [-0.05, 0) is 13.1 Å². The Labute approximate surface area is 151 Å². The van der Waals surface area contributed by atoms with Gasteiger partial charge in [0.1, 0.15) is 0 Å². The summed E-state index contributed by atoms with van der Waals surface area (Å²) >= 11 is 0. The molecule has 0 bridgehead atoms. The van der Waals surface area contributed by atoms with Crippen LogP contribution in [0.5, 0.6) is 0 Å². The summed E-state index contributed by atoms with van der Waals surface area (Å²) in [4.78, 5) is 15.3. The second-order valence-electron chi connectivity index (χ2n) is 6.27. The molecule has 0 saturated carbocycles. The van der Waals surface area contributed by atoms with Crippen LogP contribution in [0.3, 0.4) is 0 Å². The van der Waals surface area contributed by atoms with Crippen molar-refractivity contribution >= 4 is 28.2 Å². The first-order chi connectivity index (χ1) is 12.4. The van der Waals surface area contributed by atoms with Gasteiger partial charge in [0.05, 0.1) is 29.8 Å². The van der Waals surface area contributed by atoms with Crippen LogP contribution in [0.1, 0.15) is 0 Å². The summed E-state index contributed by atoms with van der Waals surface area (Å²) in [7, 11) is -2.95. The number of amides is 1. The predicted molar refractivity (Wildman–Crippen MR) is 93.4 cm³/mol. The minimum atomic E-state index is -4.78. The standard InChI is InChI=1S/C14H22N6O5S/c1-17-8-12(6-13(9-17)20(11-21)25-26(22,23)24)19-10-14(7-16-19)18-4-2-15-3-5-18/h6-7,10-11,13,15H,2-5,8-9H2,1H3,(H,22,23,24). The lowest BCUT2D eigenvalue weighted by molar-refractivity contribution is -0.148. The van der Waals surface area contributed by atoms with Gasteiger partial charge in [0.15, 0.2) is 0 Å². The smallest absolute Gasteiger partial charge is 0.366 e. The van der Waals surface area contributed by atoms with Crippen LogP contribution in [-0.2, 0) is 19.5 Å². The summed E-state index contributed by atoms with van der Waals surface area (Å²) in [6.07, 6.45) is 5.61. The van der Waals surface area contributed by atoms with Crippen molar-refractivity contribution in [2.24, 2.45) is 0 Å². The highest BCUT2D eigenvalue weighted by Crippen LogP contribution is 2.21. The molecule has 3 rings (SSSR count). The van der Waals surface area contributed by atoms with E-state index in [1.807, 2.05) is 18.1 Å². The van der Waals surface area contributed by atoms with E-state index >= 15 is 0 Å². The molecule has 0 spiro atoms. The molecule has 12 heteroatoms. The monoisotopic (exact) mass is 386 g/mol. The molecule has 1 unspecified atom stereocenters. The molecule has 11 nitrogen and oxygen atoms in total. The number of likely N-dealkylation sites (N-methyl/N-ethyl adjacent to an activating group) is 1. The topological polar surface area (TPSA) is 120 Å². The van der Waals surface area contributed by atoms with E-state index in [0.717, 1.165) is 37.6 Å². The van der Waals surface area contributed by atoms with E-state index in [9.17, 15) is 13.2 Å². The second kappa shape index (κ2) is 7.72. The van der Waals surface area contributed by atoms with Gasteiger partial charge in [-0.15, -0.1) is 4.28 Å². The number of nitrogens with one attached hydrogen (secondary N) is 1. The van der Waals surface area contributed by atoms with Crippen LogP contribution in [0.15, 0.2) is 18.5 Å². The van der Waals surface area contributed by atoms with Crippen molar-refractivity contribution in [1.82, 2.24) is 25.1 Å². The predicted octanol–water partition coefficient (Wildman–Crippen LogP) is -1.36. The van der Waals surface area contributed by atoms with Crippen molar-refractivity contribution in [3.63, 3.8) is 0 Å². The van der Waals surface area contributed by atoms with Crippen LogP contribution in [0.4, 0.5) is 5.69 Å². The van der Waals surface area contributed by atoms with Crippen LogP contribution in [0.2, 0.25) is 0 Å². The molecule has 1 amide bonds. The van der Waals surface area contributed by atoms with Crippen LogP contribution in [0, 0.1) is 0 Å². The number of carbonyl (C=O) groups excluding carboxylic acids is 1. The molecule has 144 valence electrons.